The molecule has 0 amide bonds. The maximum Gasteiger partial charge on any atom is 0.360 e. The van der Waals surface area contributed by atoms with Crippen LogP contribution in [-0.2, 0) is 4.79 Å². The molecule has 1 nitrogen and oxygen atoms in total. The first-order valence-corrected chi connectivity index (χ1v) is 5.69. The Morgan fingerprint density at radius 3 is 2.00 bits per heavy atom. The minimum atomic E-state index is -0.786. The molecular formula is C6H11Al2O. The molecule has 3 heteroatoms. The van der Waals surface area contributed by atoms with Crippen molar-refractivity contribution >= 4 is 36.7 Å². The second-order valence-electron chi connectivity index (χ2n) is 2.53. The van der Waals surface area contributed by atoms with Gasteiger partial charge >= 0.3 is 14.1 Å². The van der Waals surface area contributed by atoms with Gasteiger partial charge in [0.05, 0.1) is 0 Å². The van der Waals surface area contributed by atoms with Gasteiger partial charge in [-0.2, -0.15) is 0 Å². The van der Waals surface area contributed by atoms with Crippen molar-refractivity contribution in [1.29, 1.82) is 0 Å². The molecule has 1 heterocycles. The van der Waals surface area contributed by atoms with Crippen LogP contribution in [0.1, 0.15) is 19.3 Å². The zero-order chi connectivity index (χ0) is 5.82. The summed E-state index contributed by atoms with van der Waals surface area (Å²) < 4.78 is 0. The third-order valence-corrected chi connectivity index (χ3v) is 4.53. The van der Waals surface area contributed by atoms with E-state index in [9.17, 15) is 4.79 Å². The molecule has 0 spiro atoms. The number of rotatable bonds is 1. The summed E-state index contributed by atoms with van der Waals surface area (Å²) in [5.41, 5.74) is 0. The maximum absolute atomic E-state index is 10.2. The standard InChI is InChI=1S/C5H10.CHO.2Al/c1-3-5-4-2;1-2;;/h1-5H2;1H;;. The van der Waals surface area contributed by atoms with Crippen molar-refractivity contribution in [2.45, 2.75) is 29.8 Å². The summed E-state index contributed by atoms with van der Waals surface area (Å²) in [5, 5.41) is 3.81. The van der Waals surface area contributed by atoms with Gasteiger partial charge in [0.15, 0.2) is 0 Å². The number of carbonyl (C=O) groups excluding carboxylic acids is 1. The first kappa shape index (κ1) is 9.73. The number of carbonyl (C=O) groups is 1. The molecule has 0 unspecified atom stereocenters. The lowest BCUT2D eigenvalue weighted by Crippen LogP contribution is -2.17. The van der Waals surface area contributed by atoms with E-state index in [2.05, 4.69) is 0 Å². The minimum Gasteiger partial charge on any atom is -0.324 e. The molecule has 0 aromatic rings. The van der Waals surface area contributed by atoms with E-state index in [1.54, 1.807) is 0 Å². The second kappa shape index (κ2) is 5.51. The molecule has 0 aliphatic carbocycles. The normalized spacial score (nSPS) is 18.4. The topological polar surface area (TPSA) is 17.1 Å². The lowest BCUT2D eigenvalue weighted by Gasteiger charge is -2.09. The zero-order valence-corrected chi connectivity index (χ0v) is 7.99. The van der Waals surface area contributed by atoms with E-state index in [0.717, 1.165) is 0 Å². The van der Waals surface area contributed by atoms with Crippen LogP contribution in [0.5, 0.6) is 0 Å². The highest BCUT2D eigenvalue weighted by Crippen LogP contribution is 2.16. The smallest absolute Gasteiger partial charge is 0.324 e. The Morgan fingerprint density at radius 1 is 1.11 bits per heavy atom. The highest BCUT2D eigenvalue weighted by atomic mass is 27.2. The molecule has 1 fully saturated rings. The molecule has 1 aliphatic heterocycles. The Balaban J connectivity index is 0.000000640. The predicted molar refractivity (Wildman–Crippen MR) is 41.7 cm³/mol. The van der Waals surface area contributed by atoms with E-state index in [4.69, 9.17) is 0 Å². The van der Waals surface area contributed by atoms with Gasteiger partial charge in [-0.05, 0) is 0 Å². The third kappa shape index (κ3) is 3.44. The summed E-state index contributed by atoms with van der Waals surface area (Å²) in [7, 11) is 0. The van der Waals surface area contributed by atoms with E-state index in [0.29, 0.717) is 0 Å². The monoisotopic (exact) mass is 153 g/mol. The van der Waals surface area contributed by atoms with Gasteiger partial charge in [0, 0.05) is 22.5 Å². The maximum atomic E-state index is 10.2. The van der Waals surface area contributed by atoms with Crippen molar-refractivity contribution in [2.24, 2.45) is 0 Å². The number of hydrogen-bond donors (Lipinski definition) is 0. The Bertz CT molecular complexity index is 79.1. The van der Waals surface area contributed by atoms with Gasteiger partial charge < -0.3 is 4.79 Å². The molecule has 0 aromatic heterocycles. The molecule has 0 N–H and O–H groups in total. The summed E-state index contributed by atoms with van der Waals surface area (Å²) in [6, 6.07) is 0. The fourth-order valence-electron chi connectivity index (χ4n) is 1.27. The van der Waals surface area contributed by atoms with Crippen LogP contribution in [0.25, 0.3) is 0 Å². The first-order valence-electron chi connectivity index (χ1n) is 3.39. The van der Waals surface area contributed by atoms with Crippen LogP contribution in [0.3, 0.4) is 0 Å². The molecule has 1 aliphatic rings. The van der Waals surface area contributed by atoms with Crippen LogP contribution in [0.15, 0.2) is 0 Å². The van der Waals surface area contributed by atoms with Gasteiger partial charge in [0.1, 0.15) is 0 Å². The Hall–Kier alpha value is 0.735. The number of hydrogen-bond acceptors (Lipinski definition) is 1. The Kier molecular flexibility index (Phi) is 5.96. The van der Waals surface area contributed by atoms with Crippen LogP contribution in [0, 0.1) is 0 Å². The third-order valence-electron chi connectivity index (χ3n) is 1.84. The Labute approximate surface area is 71.3 Å². The van der Waals surface area contributed by atoms with E-state index in [1.807, 2.05) is 0 Å². The van der Waals surface area contributed by atoms with Crippen molar-refractivity contribution in [1.82, 2.24) is 0 Å². The molecule has 47 valence electrons. The van der Waals surface area contributed by atoms with Gasteiger partial charge in [-0.3, -0.25) is 0 Å². The summed E-state index contributed by atoms with van der Waals surface area (Å²) >= 11 is -0.786. The lowest BCUT2D eigenvalue weighted by atomic mass is 10.3. The van der Waals surface area contributed by atoms with Gasteiger partial charge in [-0.1, -0.05) is 29.8 Å². The predicted octanol–water partition coefficient (Wildman–Crippen LogP) is 1.06. The average molecular weight is 153 g/mol. The summed E-state index contributed by atoms with van der Waals surface area (Å²) in [5.74, 6) is 0. The van der Waals surface area contributed by atoms with E-state index < -0.39 is 14.1 Å². The first-order chi connectivity index (χ1) is 3.93. The Morgan fingerprint density at radius 2 is 1.67 bits per heavy atom. The highest BCUT2D eigenvalue weighted by Gasteiger charge is 2.19. The van der Waals surface area contributed by atoms with Crippen LogP contribution < -0.4 is 0 Å². The molecule has 1 saturated heterocycles. The van der Waals surface area contributed by atoms with E-state index in [-0.39, 0.29) is 17.4 Å². The highest BCUT2D eigenvalue weighted by molar-refractivity contribution is 6.84. The van der Waals surface area contributed by atoms with Crippen LogP contribution in [0.2, 0.25) is 10.6 Å². The van der Waals surface area contributed by atoms with E-state index in [1.165, 1.54) is 35.0 Å². The van der Waals surface area contributed by atoms with E-state index >= 15 is 0 Å². The molecule has 1 rings (SSSR count). The molecule has 0 bridgehead atoms. The molecule has 0 aromatic carbocycles. The van der Waals surface area contributed by atoms with Crippen LogP contribution in [-0.4, -0.2) is 36.7 Å². The van der Waals surface area contributed by atoms with Crippen molar-refractivity contribution < 1.29 is 4.79 Å². The van der Waals surface area contributed by atoms with Crippen LogP contribution in [0.4, 0.5) is 0 Å². The molecular weight excluding hydrogens is 142 g/mol. The fraction of sp³-hybridized carbons (Fsp3) is 0.833. The second-order valence-corrected chi connectivity index (χ2v) is 5.48. The summed E-state index contributed by atoms with van der Waals surface area (Å²) in [4.78, 5) is 10.2. The van der Waals surface area contributed by atoms with Gasteiger partial charge in [-0.25, -0.2) is 0 Å². The zero-order valence-electron chi connectivity index (χ0n) is 5.68. The van der Waals surface area contributed by atoms with Crippen molar-refractivity contribution in [2.75, 3.05) is 0 Å². The van der Waals surface area contributed by atoms with Crippen molar-refractivity contribution in [3.63, 3.8) is 0 Å². The molecule has 9 heavy (non-hydrogen) atoms. The largest absolute Gasteiger partial charge is 0.360 e. The molecule has 0 saturated carbocycles. The van der Waals surface area contributed by atoms with Crippen molar-refractivity contribution in [3.05, 3.63) is 0 Å². The molecule has 0 atom stereocenters. The quantitative estimate of drug-likeness (QED) is 0.406. The van der Waals surface area contributed by atoms with Gasteiger partial charge in [0.2, 0.25) is 0 Å². The summed E-state index contributed by atoms with van der Waals surface area (Å²) in [6.45, 7) is 0. The molecule has 3 radical (unpaired) electrons. The van der Waals surface area contributed by atoms with Crippen molar-refractivity contribution in [3.8, 4) is 0 Å². The summed E-state index contributed by atoms with van der Waals surface area (Å²) in [6.07, 6.45) is 4.03. The minimum absolute atomic E-state index is 0. The van der Waals surface area contributed by atoms with Gasteiger partial charge in [0.25, 0.3) is 0 Å². The van der Waals surface area contributed by atoms with Gasteiger partial charge in [-0.15, -0.1) is 0 Å². The SMILES string of the molecule is O=[CH][Al]1[CH2]CCC[CH2]1.[Al]. The fourth-order valence-corrected chi connectivity index (χ4v) is 3.46. The van der Waals surface area contributed by atoms with Crippen LogP contribution >= 0.6 is 0 Å². The average Bonchev–Trinajstić information content (AvgIpc) is 1.90. The lowest BCUT2D eigenvalue weighted by molar-refractivity contribution is 0.566.